The van der Waals surface area contributed by atoms with Crippen molar-refractivity contribution >= 4 is 39.2 Å². The van der Waals surface area contributed by atoms with Crippen molar-refractivity contribution in [2.24, 2.45) is 5.92 Å². The predicted octanol–water partition coefficient (Wildman–Crippen LogP) is 3.68. The van der Waals surface area contributed by atoms with Crippen LogP contribution in [0, 0.1) is 5.92 Å². The Balaban J connectivity index is 1.62. The van der Waals surface area contributed by atoms with E-state index >= 15 is 0 Å². The van der Waals surface area contributed by atoms with Gasteiger partial charge in [0, 0.05) is 30.0 Å². The fraction of sp³-hybridized carbons (Fsp3) is 0.562. The summed E-state index contributed by atoms with van der Waals surface area (Å²) in [7, 11) is 0. The first kappa shape index (κ1) is 15.3. The second-order valence-electron chi connectivity index (χ2n) is 6.06. The van der Waals surface area contributed by atoms with Gasteiger partial charge in [0.05, 0.1) is 9.39 Å². The normalized spacial score (nSPS) is 29.6. The standard InChI is InChI=1S/C16H20BrNO2S/c17-14-6-4-13(21-14)5-7-15(19)18-10-9-16(20)8-2-1-3-12(16)11-18/h4-7,12,20H,1-3,8-11H2/b7-5+. The summed E-state index contributed by atoms with van der Waals surface area (Å²) in [5, 5.41) is 10.6. The highest BCUT2D eigenvalue weighted by Gasteiger charge is 2.43. The SMILES string of the molecule is O=C(/C=C/c1ccc(Br)s1)N1CCC2(O)CCCCC2C1. The number of hydrogen-bond acceptors (Lipinski definition) is 3. The van der Waals surface area contributed by atoms with Gasteiger partial charge < -0.3 is 10.0 Å². The van der Waals surface area contributed by atoms with Crippen molar-refractivity contribution in [2.75, 3.05) is 13.1 Å². The molecule has 21 heavy (non-hydrogen) atoms. The van der Waals surface area contributed by atoms with Gasteiger partial charge in [-0.15, -0.1) is 11.3 Å². The number of thiophene rings is 1. The minimum Gasteiger partial charge on any atom is -0.389 e. The summed E-state index contributed by atoms with van der Waals surface area (Å²) in [6, 6.07) is 3.98. The van der Waals surface area contributed by atoms with Crippen molar-refractivity contribution in [1.82, 2.24) is 4.90 Å². The molecule has 2 fully saturated rings. The Morgan fingerprint density at radius 1 is 1.43 bits per heavy atom. The molecule has 2 atom stereocenters. The largest absolute Gasteiger partial charge is 0.389 e. The number of carbonyl (C=O) groups excluding carboxylic acids is 1. The maximum atomic E-state index is 12.3. The smallest absolute Gasteiger partial charge is 0.246 e. The van der Waals surface area contributed by atoms with Crippen molar-refractivity contribution in [1.29, 1.82) is 0 Å². The molecule has 1 saturated carbocycles. The zero-order valence-corrected chi connectivity index (χ0v) is 14.3. The van der Waals surface area contributed by atoms with Crippen LogP contribution < -0.4 is 0 Å². The van der Waals surface area contributed by atoms with Gasteiger partial charge in [0.2, 0.25) is 5.91 Å². The molecule has 1 aliphatic carbocycles. The Morgan fingerprint density at radius 2 is 2.29 bits per heavy atom. The molecule has 0 bridgehead atoms. The molecule has 2 unspecified atom stereocenters. The van der Waals surface area contributed by atoms with Gasteiger partial charge >= 0.3 is 0 Å². The Hall–Kier alpha value is -0.650. The molecule has 1 aromatic heterocycles. The second-order valence-corrected chi connectivity index (χ2v) is 8.55. The van der Waals surface area contributed by atoms with E-state index in [2.05, 4.69) is 15.9 Å². The van der Waals surface area contributed by atoms with Crippen LogP contribution in [0.3, 0.4) is 0 Å². The third-order valence-electron chi connectivity index (χ3n) is 4.72. The van der Waals surface area contributed by atoms with Crippen molar-refractivity contribution in [3.63, 3.8) is 0 Å². The monoisotopic (exact) mass is 369 g/mol. The molecular formula is C16H20BrNO2S. The van der Waals surface area contributed by atoms with Crippen LogP contribution in [-0.4, -0.2) is 34.6 Å². The first-order chi connectivity index (χ1) is 10.1. The van der Waals surface area contributed by atoms with Crippen LogP contribution in [-0.2, 0) is 4.79 Å². The molecular weight excluding hydrogens is 350 g/mol. The second kappa shape index (κ2) is 6.23. The number of fused-ring (bicyclic) bond motifs is 1. The van der Waals surface area contributed by atoms with E-state index < -0.39 is 5.60 Å². The molecule has 0 spiro atoms. The molecule has 5 heteroatoms. The number of likely N-dealkylation sites (tertiary alicyclic amines) is 1. The van der Waals surface area contributed by atoms with E-state index in [1.165, 1.54) is 6.42 Å². The molecule has 1 amide bonds. The summed E-state index contributed by atoms with van der Waals surface area (Å²) in [6.45, 7) is 1.37. The van der Waals surface area contributed by atoms with Crippen molar-refractivity contribution in [3.8, 4) is 0 Å². The first-order valence-electron chi connectivity index (χ1n) is 7.51. The molecule has 2 aliphatic rings. The average Bonchev–Trinajstić information content (AvgIpc) is 2.89. The maximum Gasteiger partial charge on any atom is 0.246 e. The highest BCUT2D eigenvalue weighted by atomic mass is 79.9. The van der Waals surface area contributed by atoms with Gasteiger partial charge in [-0.2, -0.15) is 0 Å². The Labute approximate surface area is 137 Å². The maximum absolute atomic E-state index is 12.3. The summed E-state index contributed by atoms with van der Waals surface area (Å²) < 4.78 is 1.07. The van der Waals surface area contributed by atoms with Gasteiger partial charge in [-0.25, -0.2) is 0 Å². The molecule has 1 N–H and O–H groups in total. The Kier molecular flexibility index (Phi) is 4.52. The molecule has 0 aromatic carbocycles. The summed E-state index contributed by atoms with van der Waals surface area (Å²) >= 11 is 5.03. The number of piperidine rings is 1. The van der Waals surface area contributed by atoms with Crippen molar-refractivity contribution < 1.29 is 9.90 Å². The van der Waals surface area contributed by atoms with E-state index in [-0.39, 0.29) is 11.8 Å². The van der Waals surface area contributed by atoms with Crippen LogP contribution in [0.4, 0.5) is 0 Å². The number of halogens is 1. The van der Waals surface area contributed by atoms with Crippen molar-refractivity contribution in [3.05, 3.63) is 26.9 Å². The topological polar surface area (TPSA) is 40.5 Å². The molecule has 1 aromatic rings. The summed E-state index contributed by atoms with van der Waals surface area (Å²) in [5.74, 6) is 0.320. The lowest BCUT2D eigenvalue weighted by molar-refractivity contribution is -0.138. The van der Waals surface area contributed by atoms with E-state index in [0.717, 1.165) is 34.3 Å². The third kappa shape index (κ3) is 3.41. The third-order valence-corrected chi connectivity index (χ3v) is 6.31. The van der Waals surface area contributed by atoms with Crippen LogP contribution in [0.1, 0.15) is 37.0 Å². The minimum atomic E-state index is -0.517. The molecule has 1 aliphatic heterocycles. The van der Waals surface area contributed by atoms with Gasteiger partial charge in [-0.1, -0.05) is 12.8 Å². The van der Waals surface area contributed by atoms with Gasteiger partial charge in [0.25, 0.3) is 0 Å². The predicted molar refractivity (Wildman–Crippen MR) is 89.2 cm³/mol. The van der Waals surface area contributed by atoms with E-state index in [1.54, 1.807) is 17.4 Å². The van der Waals surface area contributed by atoms with E-state index in [1.807, 2.05) is 23.1 Å². The highest BCUT2D eigenvalue weighted by Crippen LogP contribution is 2.39. The Bertz CT molecular complexity index is 556. The van der Waals surface area contributed by atoms with Gasteiger partial charge in [-0.05, 0) is 53.4 Å². The number of rotatable bonds is 2. The number of carbonyl (C=O) groups is 1. The lowest BCUT2D eigenvalue weighted by Gasteiger charge is -2.47. The number of amides is 1. The zero-order chi connectivity index (χ0) is 14.9. The summed E-state index contributed by atoms with van der Waals surface area (Å²) in [6.07, 6.45) is 8.50. The molecule has 2 heterocycles. The van der Waals surface area contributed by atoms with E-state index in [0.29, 0.717) is 13.1 Å². The fourth-order valence-corrected chi connectivity index (χ4v) is 4.77. The van der Waals surface area contributed by atoms with Crippen LogP contribution in [0.15, 0.2) is 22.0 Å². The number of nitrogens with zero attached hydrogens (tertiary/aromatic N) is 1. The number of aliphatic hydroxyl groups is 1. The van der Waals surface area contributed by atoms with Crippen LogP contribution >= 0.6 is 27.3 Å². The first-order valence-corrected chi connectivity index (χ1v) is 9.12. The van der Waals surface area contributed by atoms with Crippen molar-refractivity contribution in [2.45, 2.75) is 37.7 Å². The zero-order valence-electron chi connectivity index (χ0n) is 11.9. The van der Waals surface area contributed by atoms with Crippen LogP contribution in [0.25, 0.3) is 6.08 Å². The Morgan fingerprint density at radius 3 is 3.05 bits per heavy atom. The van der Waals surface area contributed by atoms with Gasteiger partial charge in [-0.3, -0.25) is 4.79 Å². The lowest BCUT2D eigenvalue weighted by atomic mass is 9.71. The highest BCUT2D eigenvalue weighted by molar-refractivity contribution is 9.11. The molecule has 3 rings (SSSR count). The van der Waals surface area contributed by atoms with Crippen LogP contribution in [0.5, 0.6) is 0 Å². The van der Waals surface area contributed by atoms with Gasteiger partial charge in [0.1, 0.15) is 0 Å². The fourth-order valence-electron chi connectivity index (χ4n) is 3.45. The number of hydrogen-bond donors (Lipinski definition) is 1. The molecule has 114 valence electrons. The summed E-state index contributed by atoms with van der Waals surface area (Å²) in [5.41, 5.74) is -0.517. The van der Waals surface area contributed by atoms with E-state index in [9.17, 15) is 9.90 Å². The van der Waals surface area contributed by atoms with Gasteiger partial charge in [0.15, 0.2) is 0 Å². The lowest BCUT2D eigenvalue weighted by Crippen LogP contribution is -2.54. The summed E-state index contributed by atoms with van der Waals surface area (Å²) in [4.78, 5) is 15.3. The minimum absolute atomic E-state index is 0.0622. The quantitative estimate of drug-likeness (QED) is 0.807. The average molecular weight is 370 g/mol. The molecule has 0 radical (unpaired) electrons. The van der Waals surface area contributed by atoms with Crippen LogP contribution in [0.2, 0.25) is 0 Å². The molecule has 1 saturated heterocycles. The van der Waals surface area contributed by atoms with E-state index in [4.69, 9.17) is 0 Å². The molecule has 3 nitrogen and oxygen atoms in total.